The number of nitrogens with one attached hydrogen (secondary N) is 1. The minimum Gasteiger partial charge on any atom is -0.456 e. The summed E-state index contributed by atoms with van der Waals surface area (Å²) in [7, 11) is 0. The van der Waals surface area contributed by atoms with Crippen molar-refractivity contribution >= 4 is 40.6 Å². The van der Waals surface area contributed by atoms with Crippen LogP contribution in [0.2, 0.25) is 4.34 Å². The van der Waals surface area contributed by atoms with E-state index in [9.17, 15) is 18.8 Å². The number of esters is 1. The number of rotatable bonds is 6. The maximum absolute atomic E-state index is 12.7. The van der Waals surface area contributed by atoms with Crippen molar-refractivity contribution in [3.63, 3.8) is 0 Å². The number of benzene rings is 1. The molecule has 0 radical (unpaired) electrons. The van der Waals surface area contributed by atoms with Crippen molar-refractivity contribution < 1.29 is 23.5 Å². The van der Waals surface area contributed by atoms with Crippen LogP contribution in [0.1, 0.15) is 20.0 Å². The molecule has 0 saturated heterocycles. The van der Waals surface area contributed by atoms with Crippen LogP contribution in [0.3, 0.4) is 0 Å². The standard InChI is InChI=1S/C15H11ClFNO4S/c16-13-6-5-12(23-13)11(19)8-22-14(20)7-18-15(21)9-1-3-10(17)4-2-9/h1-6H,7-8H2,(H,18,21). The maximum atomic E-state index is 12.7. The molecule has 5 nitrogen and oxygen atoms in total. The molecule has 0 aliphatic heterocycles. The first-order chi connectivity index (χ1) is 11.0. The lowest BCUT2D eigenvalue weighted by Crippen LogP contribution is -2.31. The number of hydrogen-bond acceptors (Lipinski definition) is 5. The number of hydrogen-bond donors (Lipinski definition) is 1. The Morgan fingerprint density at radius 1 is 1.13 bits per heavy atom. The van der Waals surface area contributed by atoms with E-state index in [1.807, 2.05) is 0 Å². The lowest BCUT2D eigenvalue weighted by Gasteiger charge is -2.05. The van der Waals surface area contributed by atoms with Gasteiger partial charge in [-0.3, -0.25) is 14.4 Å². The number of halogens is 2. The molecule has 0 atom stereocenters. The number of ketones is 1. The molecule has 0 bridgehead atoms. The van der Waals surface area contributed by atoms with E-state index in [-0.39, 0.29) is 11.3 Å². The third-order valence-electron chi connectivity index (χ3n) is 2.71. The Balaban J connectivity index is 1.75. The molecule has 0 saturated carbocycles. The highest BCUT2D eigenvalue weighted by atomic mass is 35.5. The van der Waals surface area contributed by atoms with Gasteiger partial charge in [-0.05, 0) is 36.4 Å². The van der Waals surface area contributed by atoms with Gasteiger partial charge in [-0.1, -0.05) is 11.6 Å². The molecule has 0 unspecified atom stereocenters. The third kappa shape index (κ3) is 5.15. The molecular formula is C15H11ClFNO4S. The van der Waals surface area contributed by atoms with E-state index in [0.717, 1.165) is 23.5 Å². The van der Waals surface area contributed by atoms with Crippen molar-refractivity contribution in [1.29, 1.82) is 0 Å². The average molecular weight is 356 g/mol. The van der Waals surface area contributed by atoms with Crippen LogP contribution in [0.15, 0.2) is 36.4 Å². The fourth-order valence-electron chi connectivity index (χ4n) is 1.59. The van der Waals surface area contributed by atoms with Crippen molar-refractivity contribution in [3.8, 4) is 0 Å². The van der Waals surface area contributed by atoms with E-state index >= 15 is 0 Å². The van der Waals surface area contributed by atoms with Gasteiger partial charge >= 0.3 is 5.97 Å². The van der Waals surface area contributed by atoms with E-state index in [1.54, 1.807) is 12.1 Å². The second kappa shape index (κ2) is 7.85. The smallest absolute Gasteiger partial charge is 0.325 e. The summed E-state index contributed by atoms with van der Waals surface area (Å²) in [6.07, 6.45) is 0. The first kappa shape index (κ1) is 17.1. The Morgan fingerprint density at radius 2 is 1.83 bits per heavy atom. The molecule has 120 valence electrons. The minimum absolute atomic E-state index is 0.212. The molecule has 0 spiro atoms. The molecule has 1 aromatic heterocycles. The summed E-state index contributed by atoms with van der Waals surface area (Å²) < 4.78 is 18.0. The molecule has 2 aromatic rings. The van der Waals surface area contributed by atoms with Crippen LogP contribution in [0.5, 0.6) is 0 Å². The lowest BCUT2D eigenvalue weighted by atomic mass is 10.2. The summed E-state index contributed by atoms with van der Waals surface area (Å²) in [6.45, 7) is -0.823. The van der Waals surface area contributed by atoms with E-state index in [4.69, 9.17) is 16.3 Å². The van der Waals surface area contributed by atoms with Gasteiger partial charge in [0.05, 0.1) is 9.21 Å². The number of ether oxygens (including phenoxy) is 1. The van der Waals surface area contributed by atoms with Crippen LogP contribution in [-0.4, -0.2) is 30.8 Å². The molecule has 1 aromatic carbocycles. The van der Waals surface area contributed by atoms with Gasteiger partial charge in [0.25, 0.3) is 5.91 Å². The second-order valence-electron chi connectivity index (χ2n) is 4.38. The zero-order valence-corrected chi connectivity index (χ0v) is 13.2. The van der Waals surface area contributed by atoms with Crippen LogP contribution in [0, 0.1) is 5.82 Å². The predicted octanol–water partition coefficient (Wildman–Crippen LogP) is 2.70. The molecule has 0 aliphatic rings. The summed E-state index contributed by atoms with van der Waals surface area (Å²) in [5, 5.41) is 2.32. The van der Waals surface area contributed by atoms with Crippen molar-refractivity contribution in [3.05, 3.63) is 57.0 Å². The summed E-state index contributed by atoms with van der Waals surface area (Å²) in [6, 6.07) is 7.97. The Morgan fingerprint density at radius 3 is 2.43 bits per heavy atom. The molecule has 2 rings (SSSR count). The van der Waals surface area contributed by atoms with Crippen molar-refractivity contribution in [2.45, 2.75) is 0 Å². The Labute approximate surface area is 140 Å². The quantitative estimate of drug-likeness (QED) is 0.638. The van der Waals surface area contributed by atoms with Crippen molar-refractivity contribution in [1.82, 2.24) is 5.32 Å². The van der Waals surface area contributed by atoms with Gasteiger partial charge in [-0.2, -0.15) is 0 Å². The molecule has 8 heteroatoms. The highest BCUT2D eigenvalue weighted by molar-refractivity contribution is 7.18. The molecular weight excluding hydrogens is 345 g/mol. The Hall–Kier alpha value is -2.25. The van der Waals surface area contributed by atoms with Gasteiger partial charge in [0.15, 0.2) is 6.61 Å². The summed E-state index contributed by atoms with van der Waals surface area (Å²) >= 11 is 6.80. The molecule has 1 heterocycles. The van der Waals surface area contributed by atoms with Crippen LogP contribution in [-0.2, 0) is 9.53 Å². The van der Waals surface area contributed by atoms with Crippen LogP contribution in [0.25, 0.3) is 0 Å². The van der Waals surface area contributed by atoms with Gasteiger partial charge in [0.2, 0.25) is 5.78 Å². The predicted molar refractivity (Wildman–Crippen MR) is 83.4 cm³/mol. The Bertz CT molecular complexity index is 729. The highest BCUT2D eigenvalue weighted by Gasteiger charge is 2.13. The highest BCUT2D eigenvalue weighted by Crippen LogP contribution is 2.21. The maximum Gasteiger partial charge on any atom is 0.325 e. The topological polar surface area (TPSA) is 72.5 Å². The fourth-order valence-corrected chi connectivity index (χ4v) is 2.56. The zero-order valence-electron chi connectivity index (χ0n) is 11.7. The van der Waals surface area contributed by atoms with Crippen LogP contribution < -0.4 is 5.32 Å². The largest absolute Gasteiger partial charge is 0.456 e. The van der Waals surface area contributed by atoms with Crippen LogP contribution in [0.4, 0.5) is 4.39 Å². The molecule has 0 fully saturated rings. The second-order valence-corrected chi connectivity index (χ2v) is 6.09. The first-order valence-electron chi connectivity index (χ1n) is 6.43. The van der Waals surface area contributed by atoms with Gasteiger partial charge in [-0.15, -0.1) is 11.3 Å². The number of carbonyl (C=O) groups is 3. The SMILES string of the molecule is O=C(CNC(=O)c1ccc(F)cc1)OCC(=O)c1ccc(Cl)s1. The lowest BCUT2D eigenvalue weighted by molar-refractivity contribution is -0.141. The van der Waals surface area contributed by atoms with Crippen molar-refractivity contribution in [2.24, 2.45) is 0 Å². The normalized spacial score (nSPS) is 10.2. The van der Waals surface area contributed by atoms with Gasteiger partial charge in [-0.25, -0.2) is 4.39 Å². The monoisotopic (exact) mass is 355 g/mol. The number of Topliss-reactive ketones (excluding diaryl/α,β-unsaturated/α-hetero) is 1. The summed E-state index contributed by atoms with van der Waals surface area (Å²) in [5.41, 5.74) is 0.212. The molecule has 1 amide bonds. The van der Waals surface area contributed by atoms with Gasteiger partial charge in [0.1, 0.15) is 12.4 Å². The fraction of sp³-hybridized carbons (Fsp3) is 0.133. The number of carbonyl (C=O) groups excluding carboxylic acids is 3. The number of thiophene rings is 1. The molecule has 1 N–H and O–H groups in total. The van der Waals surface area contributed by atoms with Gasteiger partial charge in [0, 0.05) is 5.56 Å². The van der Waals surface area contributed by atoms with E-state index in [0.29, 0.717) is 9.21 Å². The molecule has 23 heavy (non-hydrogen) atoms. The van der Waals surface area contributed by atoms with Crippen molar-refractivity contribution in [2.75, 3.05) is 13.2 Å². The van der Waals surface area contributed by atoms with Crippen LogP contribution >= 0.6 is 22.9 Å². The third-order valence-corrected chi connectivity index (χ3v) is 3.98. The summed E-state index contributed by atoms with van der Waals surface area (Å²) in [5.74, 6) is -2.14. The first-order valence-corrected chi connectivity index (χ1v) is 7.63. The van der Waals surface area contributed by atoms with E-state index in [1.165, 1.54) is 12.1 Å². The number of amides is 1. The minimum atomic E-state index is -0.753. The Kier molecular flexibility index (Phi) is 5.84. The zero-order chi connectivity index (χ0) is 16.8. The van der Waals surface area contributed by atoms with Gasteiger partial charge < -0.3 is 10.1 Å². The molecule has 0 aliphatic carbocycles. The van der Waals surface area contributed by atoms with E-state index < -0.39 is 30.8 Å². The summed E-state index contributed by atoms with van der Waals surface area (Å²) in [4.78, 5) is 35.3. The average Bonchev–Trinajstić information content (AvgIpc) is 2.97. The van der Waals surface area contributed by atoms with E-state index in [2.05, 4.69) is 5.32 Å².